The highest BCUT2D eigenvalue weighted by Crippen LogP contribution is 2.32. The number of amides is 4. The van der Waals surface area contributed by atoms with Crippen molar-refractivity contribution in [3.05, 3.63) is 65.0 Å². The molecule has 1 aromatic heterocycles. The van der Waals surface area contributed by atoms with E-state index in [1.165, 1.54) is 4.90 Å². The number of likely N-dealkylation sites (tertiary alicyclic amines) is 1. The summed E-state index contributed by atoms with van der Waals surface area (Å²) < 4.78 is 0. The van der Waals surface area contributed by atoms with Crippen molar-refractivity contribution in [1.82, 2.24) is 20.1 Å². The molecule has 2 aromatic rings. The summed E-state index contributed by atoms with van der Waals surface area (Å²) in [4.78, 5) is 58.6. The van der Waals surface area contributed by atoms with Crippen LogP contribution in [0.2, 0.25) is 0 Å². The molecule has 4 amide bonds. The van der Waals surface area contributed by atoms with Crippen LogP contribution in [0, 0.1) is 5.92 Å². The van der Waals surface area contributed by atoms with Crippen molar-refractivity contribution in [1.29, 1.82) is 0 Å². The fourth-order valence-electron chi connectivity index (χ4n) is 5.42. The number of nitrogens with zero attached hydrogens (tertiary/aromatic N) is 3. The van der Waals surface area contributed by atoms with Crippen LogP contribution < -0.4 is 5.32 Å². The number of aromatic nitrogens is 1. The fraction of sp³-hybridized carbons (Fsp3) is 0.444. The molecule has 1 saturated heterocycles. The molecule has 1 aromatic carbocycles. The number of carbonyl (C=O) groups is 4. The Labute approximate surface area is 204 Å². The first-order valence-electron chi connectivity index (χ1n) is 12.5. The smallest absolute Gasteiger partial charge is 0.261 e. The monoisotopic (exact) mass is 474 g/mol. The second kappa shape index (κ2) is 9.98. The van der Waals surface area contributed by atoms with Crippen molar-refractivity contribution in [2.75, 3.05) is 19.6 Å². The molecule has 2 aliphatic heterocycles. The molecule has 0 radical (unpaired) electrons. The van der Waals surface area contributed by atoms with E-state index in [9.17, 15) is 19.2 Å². The minimum Gasteiger partial charge on any atom is -0.352 e. The second-order valence-corrected chi connectivity index (χ2v) is 9.72. The number of nitrogens with one attached hydrogen (secondary N) is 1. The van der Waals surface area contributed by atoms with E-state index in [1.807, 2.05) is 0 Å². The van der Waals surface area contributed by atoms with Crippen molar-refractivity contribution < 1.29 is 19.2 Å². The summed E-state index contributed by atoms with van der Waals surface area (Å²) in [7, 11) is 0. The molecule has 0 atom stereocenters. The number of hydrogen-bond acceptors (Lipinski definition) is 5. The number of carbonyl (C=O) groups excluding carboxylic acids is 4. The molecule has 3 aliphatic rings. The third-order valence-electron chi connectivity index (χ3n) is 7.48. The lowest BCUT2D eigenvalue weighted by molar-refractivity contribution is 0.0548. The van der Waals surface area contributed by atoms with Crippen LogP contribution in [0.3, 0.4) is 0 Å². The number of imide groups is 1. The molecule has 0 bridgehead atoms. The molecule has 8 heteroatoms. The first-order valence-corrected chi connectivity index (χ1v) is 12.5. The fourth-order valence-corrected chi connectivity index (χ4v) is 5.42. The van der Waals surface area contributed by atoms with E-state index in [0.717, 1.165) is 44.9 Å². The molecule has 8 nitrogen and oxygen atoms in total. The van der Waals surface area contributed by atoms with Gasteiger partial charge < -0.3 is 10.2 Å². The van der Waals surface area contributed by atoms with Gasteiger partial charge in [-0.25, -0.2) is 0 Å². The normalized spacial score (nSPS) is 19.1. The maximum Gasteiger partial charge on any atom is 0.261 e. The highest BCUT2D eigenvalue weighted by Gasteiger charge is 2.40. The van der Waals surface area contributed by atoms with E-state index in [2.05, 4.69) is 10.3 Å². The van der Waals surface area contributed by atoms with E-state index in [4.69, 9.17) is 0 Å². The molecule has 3 heterocycles. The van der Waals surface area contributed by atoms with Gasteiger partial charge in [-0.3, -0.25) is 29.1 Å². The van der Waals surface area contributed by atoms with Crippen molar-refractivity contribution in [2.45, 2.75) is 51.0 Å². The minimum absolute atomic E-state index is 0.0343. The maximum absolute atomic E-state index is 13.2. The van der Waals surface area contributed by atoms with Gasteiger partial charge in [0.1, 0.15) is 0 Å². The summed E-state index contributed by atoms with van der Waals surface area (Å²) in [6, 6.07) is 8.32. The first kappa shape index (κ1) is 23.2. The third kappa shape index (κ3) is 4.70. The van der Waals surface area contributed by atoms with Gasteiger partial charge in [0, 0.05) is 43.6 Å². The van der Waals surface area contributed by atoms with Crippen molar-refractivity contribution >= 4 is 23.6 Å². The van der Waals surface area contributed by atoms with Crippen LogP contribution >= 0.6 is 0 Å². The Hall–Kier alpha value is -3.55. The second-order valence-electron chi connectivity index (χ2n) is 9.72. The van der Waals surface area contributed by atoms with Crippen LogP contribution in [-0.4, -0.2) is 64.1 Å². The van der Waals surface area contributed by atoms with Gasteiger partial charge >= 0.3 is 0 Å². The van der Waals surface area contributed by atoms with E-state index < -0.39 is 0 Å². The quantitative estimate of drug-likeness (QED) is 0.671. The Balaban J connectivity index is 1.18. The molecule has 1 aliphatic carbocycles. The van der Waals surface area contributed by atoms with Gasteiger partial charge in [-0.1, -0.05) is 19.3 Å². The Morgan fingerprint density at radius 3 is 2.37 bits per heavy atom. The predicted octanol–water partition coefficient (Wildman–Crippen LogP) is 3.29. The molecule has 1 saturated carbocycles. The summed E-state index contributed by atoms with van der Waals surface area (Å²) in [5.41, 5.74) is 1.73. The number of piperidine rings is 1. The highest BCUT2D eigenvalue weighted by atomic mass is 16.2. The van der Waals surface area contributed by atoms with Crippen LogP contribution in [0.25, 0.3) is 0 Å². The zero-order valence-corrected chi connectivity index (χ0v) is 19.7. The topological polar surface area (TPSA) is 99.7 Å². The number of fused-ring (bicyclic) bond motifs is 1. The molecular weight excluding hydrogens is 444 g/mol. The van der Waals surface area contributed by atoms with Crippen LogP contribution in [0.15, 0.2) is 42.7 Å². The molecule has 0 spiro atoms. The van der Waals surface area contributed by atoms with E-state index in [1.54, 1.807) is 47.6 Å². The summed E-state index contributed by atoms with van der Waals surface area (Å²) in [5.74, 6) is -0.471. The van der Waals surface area contributed by atoms with Crippen LogP contribution in [0.1, 0.15) is 86.4 Å². The number of rotatable bonds is 5. The van der Waals surface area contributed by atoms with Gasteiger partial charge in [-0.15, -0.1) is 0 Å². The van der Waals surface area contributed by atoms with Gasteiger partial charge in [-0.05, 0) is 61.9 Å². The van der Waals surface area contributed by atoms with Gasteiger partial charge in [-0.2, -0.15) is 0 Å². The Morgan fingerprint density at radius 2 is 1.66 bits per heavy atom. The average molecular weight is 475 g/mol. The summed E-state index contributed by atoms with van der Waals surface area (Å²) in [6.07, 6.45) is 9.67. The minimum atomic E-state index is -0.269. The molecule has 35 heavy (non-hydrogen) atoms. The Bertz CT molecular complexity index is 1140. The molecule has 0 unspecified atom stereocenters. The van der Waals surface area contributed by atoms with Gasteiger partial charge in [0.2, 0.25) is 0 Å². The van der Waals surface area contributed by atoms with E-state index in [-0.39, 0.29) is 29.7 Å². The lowest BCUT2D eigenvalue weighted by Crippen LogP contribution is -2.41. The predicted molar refractivity (Wildman–Crippen MR) is 129 cm³/mol. The molecular formula is C27H30N4O4. The maximum atomic E-state index is 13.2. The highest BCUT2D eigenvalue weighted by molar-refractivity contribution is 6.22. The Kier molecular flexibility index (Phi) is 6.61. The lowest BCUT2D eigenvalue weighted by atomic mass is 9.94. The summed E-state index contributed by atoms with van der Waals surface area (Å²) in [5, 5.41) is 2.96. The van der Waals surface area contributed by atoms with Crippen molar-refractivity contribution in [2.24, 2.45) is 5.92 Å². The van der Waals surface area contributed by atoms with Crippen LogP contribution in [-0.2, 0) is 0 Å². The van der Waals surface area contributed by atoms with E-state index in [0.29, 0.717) is 47.8 Å². The number of benzene rings is 1. The summed E-state index contributed by atoms with van der Waals surface area (Å²) in [6.45, 7) is 1.73. The molecule has 182 valence electrons. The largest absolute Gasteiger partial charge is 0.352 e. The van der Waals surface area contributed by atoms with Crippen molar-refractivity contribution in [3.8, 4) is 0 Å². The van der Waals surface area contributed by atoms with E-state index >= 15 is 0 Å². The Morgan fingerprint density at radius 1 is 0.914 bits per heavy atom. The van der Waals surface area contributed by atoms with Crippen LogP contribution in [0.4, 0.5) is 0 Å². The number of pyridine rings is 1. The zero-order valence-electron chi connectivity index (χ0n) is 19.7. The van der Waals surface area contributed by atoms with Crippen molar-refractivity contribution in [3.63, 3.8) is 0 Å². The SMILES string of the molecule is O=C(NCC1CCN(C(=O)c2ccc3c(c2)C(=O)N(C2CCCCC2)C3=O)CC1)c1cccnc1. The lowest BCUT2D eigenvalue weighted by Gasteiger charge is -2.32. The first-order chi connectivity index (χ1) is 17.0. The zero-order chi connectivity index (χ0) is 24.4. The van der Waals surface area contributed by atoms with Gasteiger partial charge in [0.05, 0.1) is 16.7 Å². The van der Waals surface area contributed by atoms with Crippen LogP contribution in [0.5, 0.6) is 0 Å². The van der Waals surface area contributed by atoms with Gasteiger partial charge in [0.15, 0.2) is 0 Å². The van der Waals surface area contributed by atoms with Gasteiger partial charge in [0.25, 0.3) is 23.6 Å². The third-order valence-corrected chi connectivity index (χ3v) is 7.48. The summed E-state index contributed by atoms with van der Waals surface area (Å²) >= 11 is 0. The number of hydrogen-bond donors (Lipinski definition) is 1. The molecule has 1 N–H and O–H groups in total. The average Bonchev–Trinajstić information content (AvgIpc) is 3.17. The molecule has 2 fully saturated rings. The standard InChI is InChI=1S/C27H30N4O4/c32-24(20-5-4-12-28-17-20)29-16-18-10-13-30(14-11-18)25(33)19-8-9-22-23(15-19)27(35)31(26(22)34)21-6-2-1-3-7-21/h4-5,8-9,12,15,17-18,21H,1-3,6-7,10-11,13-14,16H2,(H,29,32). The molecule has 5 rings (SSSR count).